The second kappa shape index (κ2) is 7.62. The maximum absolute atomic E-state index is 4.40. The first-order valence-electron chi connectivity index (χ1n) is 7.59. The van der Waals surface area contributed by atoms with Gasteiger partial charge in [-0.15, -0.1) is 0 Å². The molecule has 112 valence electrons. The van der Waals surface area contributed by atoms with Gasteiger partial charge in [-0.1, -0.05) is 32.0 Å². The van der Waals surface area contributed by atoms with Crippen molar-refractivity contribution in [1.82, 2.24) is 9.97 Å². The Morgan fingerprint density at radius 2 is 1.90 bits per heavy atom. The Morgan fingerprint density at radius 1 is 1.14 bits per heavy atom. The number of anilines is 3. The predicted octanol–water partition coefficient (Wildman–Crippen LogP) is 4.09. The van der Waals surface area contributed by atoms with E-state index in [0.29, 0.717) is 5.92 Å². The van der Waals surface area contributed by atoms with Crippen LogP contribution in [0.3, 0.4) is 0 Å². The molecule has 0 unspecified atom stereocenters. The monoisotopic (exact) mass is 284 g/mol. The highest BCUT2D eigenvalue weighted by atomic mass is 15.2. The van der Waals surface area contributed by atoms with E-state index in [-0.39, 0.29) is 0 Å². The molecule has 0 aliphatic heterocycles. The minimum Gasteiger partial charge on any atom is -0.370 e. The van der Waals surface area contributed by atoms with E-state index in [4.69, 9.17) is 0 Å². The standard InChI is InChI=1S/C17H24N4/c1-4-21(15-8-6-5-7-9-15)17-12-16(19-13-20-17)18-11-10-14(2)3/h5-9,12-14H,4,10-11H2,1-3H3,(H,18,19,20). The van der Waals surface area contributed by atoms with Gasteiger partial charge in [0.2, 0.25) is 0 Å². The second-order valence-electron chi connectivity index (χ2n) is 5.45. The van der Waals surface area contributed by atoms with Gasteiger partial charge in [0.05, 0.1) is 0 Å². The Bertz CT molecular complexity index is 539. The molecular weight excluding hydrogens is 260 g/mol. The maximum Gasteiger partial charge on any atom is 0.138 e. The Kier molecular flexibility index (Phi) is 5.55. The van der Waals surface area contributed by atoms with E-state index in [0.717, 1.165) is 36.8 Å². The van der Waals surface area contributed by atoms with Crippen LogP contribution < -0.4 is 10.2 Å². The van der Waals surface area contributed by atoms with Crippen molar-refractivity contribution < 1.29 is 0 Å². The summed E-state index contributed by atoms with van der Waals surface area (Å²) < 4.78 is 0. The topological polar surface area (TPSA) is 41.0 Å². The van der Waals surface area contributed by atoms with Gasteiger partial charge in [-0.05, 0) is 31.4 Å². The molecule has 21 heavy (non-hydrogen) atoms. The van der Waals surface area contributed by atoms with Gasteiger partial charge in [0.1, 0.15) is 18.0 Å². The number of benzene rings is 1. The first-order chi connectivity index (χ1) is 10.2. The van der Waals surface area contributed by atoms with Crippen LogP contribution in [0.4, 0.5) is 17.3 Å². The molecule has 0 radical (unpaired) electrons. The first-order valence-corrected chi connectivity index (χ1v) is 7.59. The van der Waals surface area contributed by atoms with E-state index in [2.05, 4.69) is 53.1 Å². The Morgan fingerprint density at radius 3 is 2.57 bits per heavy atom. The minimum absolute atomic E-state index is 0.690. The van der Waals surface area contributed by atoms with Crippen LogP contribution in [0.2, 0.25) is 0 Å². The summed E-state index contributed by atoms with van der Waals surface area (Å²) in [7, 11) is 0. The van der Waals surface area contributed by atoms with Gasteiger partial charge in [0, 0.05) is 24.8 Å². The van der Waals surface area contributed by atoms with Crippen molar-refractivity contribution in [2.24, 2.45) is 5.92 Å². The van der Waals surface area contributed by atoms with E-state index in [9.17, 15) is 0 Å². The van der Waals surface area contributed by atoms with Crippen molar-refractivity contribution >= 4 is 17.3 Å². The van der Waals surface area contributed by atoms with Gasteiger partial charge in [0.25, 0.3) is 0 Å². The molecule has 1 aromatic heterocycles. The molecule has 0 bridgehead atoms. The summed E-state index contributed by atoms with van der Waals surface area (Å²) in [6.07, 6.45) is 2.76. The van der Waals surface area contributed by atoms with Crippen LogP contribution >= 0.6 is 0 Å². The normalized spacial score (nSPS) is 10.7. The average molecular weight is 284 g/mol. The van der Waals surface area contributed by atoms with Gasteiger partial charge < -0.3 is 10.2 Å². The van der Waals surface area contributed by atoms with Gasteiger partial charge in [0.15, 0.2) is 0 Å². The van der Waals surface area contributed by atoms with Gasteiger partial charge in [-0.3, -0.25) is 0 Å². The summed E-state index contributed by atoms with van der Waals surface area (Å²) in [4.78, 5) is 10.9. The maximum atomic E-state index is 4.40. The Labute approximate surface area is 127 Å². The number of rotatable bonds is 7. The molecular formula is C17H24N4. The molecule has 1 N–H and O–H groups in total. The molecule has 0 saturated heterocycles. The summed E-state index contributed by atoms with van der Waals surface area (Å²) in [5.41, 5.74) is 1.15. The zero-order valence-electron chi connectivity index (χ0n) is 13.1. The molecule has 0 spiro atoms. The van der Waals surface area contributed by atoms with E-state index in [1.54, 1.807) is 6.33 Å². The fourth-order valence-corrected chi connectivity index (χ4v) is 2.17. The smallest absolute Gasteiger partial charge is 0.138 e. The van der Waals surface area contributed by atoms with E-state index < -0.39 is 0 Å². The highest BCUT2D eigenvalue weighted by Crippen LogP contribution is 2.23. The number of nitrogens with zero attached hydrogens (tertiary/aromatic N) is 3. The van der Waals surface area contributed by atoms with E-state index in [1.807, 2.05) is 24.3 Å². The molecule has 0 atom stereocenters. The van der Waals surface area contributed by atoms with E-state index >= 15 is 0 Å². The highest BCUT2D eigenvalue weighted by molar-refractivity contribution is 5.61. The fourth-order valence-electron chi connectivity index (χ4n) is 2.17. The fraction of sp³-hybridized carbons (Fsp3) is 0.412. The third-order valence-electron chi connectivity index (χ3n) is 3.34. The molecule has 0 amide bonds. The van der Waals surface area contributed by atoms with Crippen molar-refractivity contribution in [3.05, 3.63) is 42.7 Å². The molecule has 0 aliphatic carbocycles. The third-order valence-corrected chi connectivity index (χ3v) is 3.34. The molecule has 2 rings (SSSR count). The first kappa shape index (κ1) is 15.3. The van der Waals surface area contributed by atoms with Crippen LogP contribution in [0.25, 0.3) is 0 Å². The van der Waals surface area contributed by atoms with E-state index in [1.165, 1.54) is 0 Å². The Hall–Kier alpha value is -2.10. The summed E-state index contributed by atoms with van der Waals surface area (Å²) >= 11 is 0. The van der Waals surface area contributed by atoms with Crippen molar-refractivity contribution in [3.8, 4) is 0 Å². The average Bonchev–Trinajstić information content (AvgIpc) is 2.49. The third kappa shape index (κ3) is 4.45. The minimum atomic E-state index is 0.690. The zero-order valence-corrected chi connectivity index (χ0v) is 13.1. The summed E-state index contributed by atoms with van der Waals surface area (Å²) in [6.45, 7) is 8.38. The zero-order chi connectivity index (χ0) is 15.1. The van der Waals surface area contributed by atoms with Crippen molar-refractivity contribution in [3.63, 3.8) is 0 Å². The van der Waals surface area contributed by atoms with Crippen LogP contribution in [0, 0.1) is 5.92 Å². The van der Waals surface area contributed by atoms with Crippen LogP contribution in [0.5, 0.6) is 0 Å². The molecule has 4 nitrogen and oxygen atoms in total. The predicted molar refractivity (Wildman–Crippen MR) is 89.1 cm³/mol. The van der Waals surface area contributed by atoms with Crippen LogP contribution in [-0.2, 0) is 0 Å². The molecule has 0 saturated carbocycles. The SMILES string of the molecule is CCN(c1ccccc1)c1cc(NCCC(C)C)ncn1. The number of nitrogens with one attached hydrogen (secondary N) is 1. The number of hydrogen-bond donors (Lipinski definition) is 1. The molecule has 0 fully saturated rings. The summed E-state index contributed by atoms with van der Waals surface area (Å²) in [5, 5.41) is 3.37. The number of aromatic nitrogens is 2. The lowest BCUT2D eigenvalue weighted by Crippen LogP contribution is -2.18. The highest BCUT2D eigenvalue weighted by Gasteiger charge is 2.09. The largest absolute Gasteiger partial charge is 0.370 e. The van der Waals surface area contributed by atoms with Crippen molar-refractivity contribution in [2.45, 2.75) is 27.2 Å². The van der Waals surface area contributed by atoms with Gasteiger partial charge in [-0.2, -0.15) is 0 Å². The molecule has 4 heteroatoms. The molecule has 0 aliphatic rings. The molecule has 1 aromatic carbocycles. The summed E-state index contributed by atoms with van der Waals surface area (Å²) in [5.74, 6) is 2.50. The van der Waals surface area contributed by atoms with Crippen molar-refractivity contribution in [2.75, 3.05) is 23.3 Å². The number of para-hydroxylation sites is 1. The van der Waals surface area contributed by atoms with Crippen LogP contribution in [-0.4, -0.2) is 23.1 Å². The molecule has 1 heterocycles. The van der Waals surface area contributed by atoms with Crippen molar-refractivity contribution in [1.29, 1.82) is 0 Å². The Balaban J connectivity index is 2.11. The number of hydrogen-bond acceptors (Lipinski definition) is 4. The lowest BCUT2D eigenvalue weighted by atomic mass is 10.1. The quantitative estimate of drug-likeness (QED) is 0.831. The lowest BCUT2D eigenvalue weighted by Gasteiger charge is -2.22. The van der Waals surface area contributed by atoms with Crippen LogP contribution in [0.15, 0.2) is 42.7 Å². The lowest BCUT2D eigenvalue weighted by molar-refractivity contribution is 0.606. The van der Waals surface area contributed by atoms with Gasteiger partial charge in [-0.25, -0.2) is 9.97 Å². The van der Waals surface area contributed by atoms with Crippen LogP contribution in [0.1, 0.15) is 27.2 Å². The summed E-state index contributed by atoms with van der Waals surface area (Å²) in [6, 6.07) is 12.3. The second-order valence-corrected chi connectivity index (χ2v) is 5.45. The van der Waals surface area contributed by atoms with Gasteiger partial charge >= 0.3 is 0 Å². The molecule has 2 aromatic rings.